The molecule has 0 spiro atoms. The van der Waals surface area contributed by atoms with Crippen molar-refractivity contribution in [3.05, 3.63) is 0 Å². The zero-order valence-electron chi connectivity index (χ0n) is 35.1. The maximum absolute atomic E-state index is 3.85. The van der Waals surface area contributed by atoms with Gasteiger partial charge in [0.1, 0.15) is 0 Å². The molecule has 0 aliphatic rings. The molecule has 49 heavy (non-hydrogen) atoms. The van der Waals surface area contributed by atoms with E-state index in [1.165, 1.54) is 271 Å². The predicted molar refractivity (Wildman–Crippen MR) is 225 cm³/mol. The van der Waals surface area contributed by atoms with Crippen molar-refractivity contribution in [3.8, 4) is 0 Å². The molecule has 0 aromatic rings. The summed E-state index contributed by atoms with van der Waals surface area (Å²) in [6.07, 6.45) is 48.4. The molecule has 296 valence electrons. The van der Waals surface area contributed by atoms with E-state index in [0.717, 1.165) is 0 Å². The maximum Gasteiger partial charge on any atom is -0.000664 e. The molecule has 0 radical (unpaired) electrons. The Kier molecular flexibility index (Phi) is 43.9. The van der Waals surface area contributed by atoms with Gasteiger partial charge in [-0.15, -0.1) is 0 Å². The lowest BCUT2D eigenvalue weighted by Crippen LogP contribution is -2.31. The Morgan fingerprint density at radius 1 is 0.224 bits per heavy atom. The van der Waals surface area contributed by atoms with Gasteiger partial charge < -0.3 is 15.1 Å². The minimum absolute atomic E-state index is 1.20. The maximum atomic E-state index is 3.85. The molecule has 0 aliphatic carbocycles. The molecule has 0 amide bonds. The molecule has 0 atom stereocenters. The van der Waals surface area contributed by atoms with Gasteiger partial charge >= 0.3 is 0 Å². The first-order valence-electron chi connectivity index (χ1n) is 23.4. The highest BCUT2D eigenvalue weighted by molar-refractivity contribution is 4.64. The van der Waals surface area contributed by atoms with E-state index < -0.39 is 0 Å². The SMILES string of the molecule is CCCCCCCCCCN(CCCCCCCCCC)CCCNCCCN(CCCCCCCCCC)CCCCCCCCCC. The lowest BCUT2D eigenvalue weighted by Gasteiger charge is -2.23. The zero-order chi connectivity index (χ0) is 35.6. The van der Waals surface area contributed by atoms with E-state index in [1.54, 1.807) is 0 Å². The third-order valence-electron chi connectivity index (χ3n) is 11.0. The van der Waals surface area contributed by atoms with Gasteiger partial charge in [0.2, 0.25) is 0 Å². The number of nitrogens with zero attached hydrogens (tertiary/aromatic N) is 2. The Morgan fingerprint density at radius 2 is 0.408 bits per heavy atom. The van der Waals surface area contributed by atoms with Crippen LogP contribution in [0.4, 0.5) is 0 Å². The Balaban J connectivity index is 4.32. The van der Waals surface area contributed by atoms with E-state index in [4.69, 9.17) is 0 Å². The minimum atomic E-state index is 1.20. The first kappa shape index (κ1) is 48.9. The van der Waals surface area contributed by atoms with E-state index in [-0.39, 0.29) is 0 Å². The quantitative estimate of drug-likeness (QED) is 0.0642. The summed E-state index contributed by atoms with van der Waals surface area (Å²) in [5, 5.41) is 3.85. The van der Waals surface area contributed by atoms with Gasteiger partial charge in [0.25, 0.3) is 0 Å². The van der Waals surface area contributed by atoms with Gasteiger partial charge in [0.05, 0.1) is 0 Å². The van der Waals surface area contributed by atoms with Crippen molar-refractivity contribution < 1.29 is 0 Å². The van der Waals surface area contributed by atoms with E-state index in [2.05, 4.69) is 42.8 Å². The monoisotopic (exact) mass is 692 g/mol. The number of rotatable bonds is 44. The molecule has 0 rings (SSSR count). The van der Waals surface area contributed by atoms with Gasteiger partial charge in [0.15, 0.2) is 0 Å². The summed E-state index contributed by atoms with van der Waals surface area (Å²) in [5.41, 5.74) is 0. The molecule has 0 saturated carbocycles. The van der Waals surface area contributed by atoms with Crippen molar-refractivity contribution in [3.63, 3.8) is 0 Å². The summed E-state index contributed by atoms with van der Waals surface area (Å²) in [6.45, 7) is 19.6. The minimum Gasteiger partial charge on any atom is -0.317 e. The molecule has 0 heterocycles. The second kappa shape index (κ2) is 44.0. The number of hydrogen-bond acceptors (Lipinski definition) is 3. The summed E-state index contributed by atoms with van der Waals surface area (Å²) in [4.78, 5) is 5.65. The Morgan fingerprint density at radius 3 is 0.633 bits per heavy atom. The predicted octanol–water partition coefficient (Wildman–Crippen LogP) is 14.5. The third kappa shape index (κ3) is 40.5. The zero-order valence-corrected chi connectivity index (χ0v) is 35.1. The fraction of sp³-hybridized carbons (Fsp3) is 1.00. The van der Waals surface area contributed by atoms with Crippen LogP contribution in [-0.2, 0) is 0 Å². The van der Waals surface area contributed by atoms with Crippen molar-refractivity contribution in [1.82, 2.24) is 15.1 Å². The fourth-order valence-corrected chi connectivity index (χ4v) is 7.53. The van der Waals surface area contributed by atoms with Crippen LogP contribution in [0.5, 0.6) is 0 Å². The van der Waals surface area contributed by atoms with Crippen molar-refractivity contribution in [1.29, 1.82) is 0 Å². The highest BCUT2D eigenvalue weighted by atomic mass is 15.1. The average Bonchev–Trinajstić information content (AvgIpc) is 3.11. The summed E-state index contributed by atoms with van der Waals surface area (Å²) in [5.74, 6) is 0. The summed E-state index contributed by atoms with van der Waals surface area (Å²) in [6, 6.07) is 0. The second-order valence-electron chi connectivity index (χ2n) is 16.0. The Hall–Kier alpha value is -0.120. The lowest BCUT2D eigenvalue weighted by molar-refractivity contribution is 0.250. The molecule has 0 fully saturated rings. The molecule has 3 heteroatoms. The third-order valence-corrected chi connectivity index (χ3v) is 11.0. The van der Waals surface area contributed by atoms with Crippen LogP contribution in [0.3, 0.4) is 0 Å². The Bertz CT molecular complexity index is 479. The molecular formula is C46H97N3. The van der Waals surface area contributed by atoms with Crippen LogP contribution in [0.15, 0.2) is 0 Å². The van der Waals surface area contributed by atoms with E-state index in [0.29, 0.717) is 0 Å². The van der Waals surface area contributed by atoms with Crippen LogP contribution >= 0.6 is 0 Å². The van der Waals surface area contributed by atoms with Crippen molar-refractivity contribution >= 4 is 0 Å². The molecule has 0 aromatic carbocycles. The summed E-state index contributed by atoms with van der Waals surface area (Å²) in [7, 11) is 0. The van der Waals surface area contributed by atoms with Gasteiger partial charge in [0, 0.05) is 0 Å². The molecular weight excluding hydrogens is 595 g/mol. The Labute approximate surface area is 312 Å². The van der Waals surface area contributed by atoms with Crippen LogP contribution < -0.4 is 5.32 Å². The van der Waals surface area contributed by atoms with Crippen LogP contribution in [0.1, 0.15) is 246 Å². The summed E-state index contributed by atoms with van der Waals surface area (Å²) < 4.78 is 0. The average molecular weight is 692 g/mol. The summed E-state index contributed by atoms with van der Waals surface area (Å²) >= 11 is 0. The molecule has 3 nitrogen and oxygen atoms in total. The van der Waals surface area contributed by atoms with Crippen LogP contribution in [0.2, 0.25) is 0 Å². The lowest BCUT2D eigenvalue weighted by atomic mass is 10.1. The van der Waals surface area contributed by atoms with Crippen LogP contribution in [-0.4, -0.2) is 62.2 Å². The molecule has 0 bridgehead atoms. The highest BCUT2D eigenvalue weighted by Gasteiger charge is 2.07. The smallest absolute Gasteiger partial charge is 0.000664 e. The van der Waals surface area contributed by atoms with Gasteiger partial charge in [-0.25, -0.2) is 0 Å². The van der Waals surface area contributed by atoms with E-state index >= 15 is 0 Å². The fourth-order valence-electron chi connectivity index (χ4n) is 7.53. The second-order valence-corrected chi connectivity index (χ2v) is 16.0. The first-order chi connectivity index (χ1) is 24.3. The van der Waals surface area contributed by atoms with Gasteiger partial charge in [-0.2, -0.15) is 0 Å². The molecule has 1 N–H and O–H groups in total. The first-order valence-corrected chi connectivity index (χ1v) is 23.4. The van der Waals surface area contributed by atoms with E-state index in [9.17, 15) is 0 Å². The highest BCUT2D eigenvalue weighted by Crippen LogP contribution is 2.13. The number of unbranched alkanes of at least 4 members (excludes halogenated alkanes) is 28. The van der Waals surface area contributed by atoms with Gasteiger partial charge in [-0.05, 0) is 90.9 Å². The molecule has 0 aliphatic heterocycles. The molecule has 0 unspecified atom stereocenters. The topological polar surface area (TPSA) is 18.5 Å². The molecule has 0 saturated heterocycles. The van der Waals surface area contributed by atoms with Crippen molar-refractivity contribution in [2.45, 2.75) is 246 Å². The number of nitrogens with one attached hydrogen (secondary N) is 1. The molecule has 0 aromatic heterocycles. The van der Waals surface area contributed by atoms with Crippen molar-refractivity contribution in [2.24, 2.45) is 0 Å². The van der Waals surface area contributed by atoms with Gasteiger partial charge in [-0.3, -0.25) is 0 Å². The number of hydrogen-bond donors (Lipinski definition) is 1. The van der Waals surface area contributed by atoms with Gasteiger partial charge in [-0.1, -0.05) is 207 Å². The normalized spacial score (nSPS) is 11.9. The van der Waals surface area contributed by atoms with Crippen LogP contribution in [0, 0.1) is 0 Å². The van der Waals surface area contributed by atoms with E-state index in [1.807, 2.05) is 0 Å². The largest absolute Gasteiger partial charge is 0.317 e. The van der Waals surface area contributed by atoms with Crippen LogP contribution in [0.25, 0.3) is 0 Å². The standard InChI is InChI=1S/C46H97N3/c1-5-9-13-17-21-25-29-33-41-48(42-34-30-26-22-18-14-10-6-2)45-37-39-47-40-38-46-49(43-35-31-27-23-19-15-11-7-3)44-36-32-28-24-20-16-12-8-4/h47H,5-46H2,1-4H3. The van der Waals surface area contributed by atoms with Crippen molar-refractivity contribution in [2.75, 3.05) is 52.4 Å².